The zero-order valence-electron chi connectivity index (χ0n) is 9.62. The number of rotatable bonds is 2. The highest BCUT2D eigenvalue weighted by Gasteiger charge is 2.19. The molecule has 1 nitrogen and oxygen atoms in total. The highest BCUT2D eigenvalue weighted by Crippen LogP contribution is 2.21. The Kier molecular flexibility index (Phi) is 3.87. The Balaban J connectivity index is 2.07. The Morgan fingerprint density at radius 3 is 2.94 bits per heavy atom. The van der Waals surface area contributed by atoms with Gasteiger partial charge in [0.15, 0.2) is 0 Å². The topological polar surface area (TPSA) is 3.24 Å². The van der Waals surface area contributed by atoms with Crippen LogP contribution in [0.25, 0.3) is 0 Å². The molecule has 16 heavy (non-hydrogen) atoms. The molecule has 1 aliphatic heterocycles. The number of nitrogens with zero attached hydrogens (tertiary/aromatic N) is 1. The number of thiol groups is 1. The van der Waals surface area contributed by atoms with Crippen molar-refractivity contribution in [2.75, 3.05) is 6.54 Å². The highest BCUT2D eigenvalue weighted by atomic mass is 32.1. The monoisotopic (exact) mass is 239 g/mol. The third-order valence-electron chi connectivity index (χ3n) is 3.35. The number of hydrogen-bond donors (Lipinski definition) is 1. The van der Waals surface area contributed by atoms with E-state index in [1.807, 2.05) is 12.1 Å². The van der Waals surface area contributed by atoms with Gasteiger partial charge < -0.3 is 0 Å². The molecular weight excluding hydrogens is 221 g/mol. The first kappa shape index (κ1) is 11.9. The third-order valence-corrected chi connectivity index (χ3v) is 3.63. The standard InChI is InChI=1S/C13H18FNS/c1-10-4-2-3-7-15(10)9-11-5-6-12(16)8-13(11)14/h5-6,8,10,16H,2-4,7,9H2,1H3/t10-/m0/s1. The van der Waals surface area contributed by atoms with Crippen LogP contribution in [0.15, 0.2) is 23.1 Å². The first-order chi connectivity index (χ1) is 7.66. The van der Waals surface area contributed by atoms with E-state index < -0.39 is 0 Å². The molecule has 1 aromatic carbocycles. The van der Waals surface area contributed by atoms with Gasteiger partial charge in [0.1, 0.15) is 5.82 Å². The summed E-state index contributed by atoms with van der Waals surface area (Å²) in [6.45, 7) is 4.04. The maximum absolute atomic E-state index is 13.7. The molecule has 0 aliphatic carbocycles. The van der Waals surface area contributed by atoms with Gasteiger partial charge in [0, 0.05) is 23.0 Å². The Labute approximate surface area is 102 Å². The van der Waals surface area contributed by atoms with Crippen molar-refractivity contribution in [1.29, 1.82) is 0 Å². The summed E-state index contributed by atoms with van der Waals surface area (Å²) in [5.74, 6) is -0.134. The van der Waals surface area contributed by atoms with Gasteiger partial charge in [-0.25, -0.2) is 4.39 Å². The van der Waals surface area contributed by atoms with Gasteiger partial charge in [-0.15, -0.1) is 12.6 Å². The van der Waals surface area contributed by atoms with Crippen LogP contribution in [0.3, 0.4) is 0 Å². The minimum absolute atomic E-state index is 0.134. The third kappa shape index (κ3) is 2.77. The van der Waals surface area contributed by atoms with Crippen LogP contribution in [-0.4, -0.2) is 17.5 Å². The van der Waals surface area contributed by atoms with Crippen molar-refractivity contribution in [1.82, 2.24) is 4.90 Å². The fraction of sp³-hybridized carbons (Fsp3) is 0.538. The van der Waals surface area contributed by atoms with E-state index in [1.54, 1.807) is 0 Å². The van der Waals surface area contributed by atoms with Gasteiger partial charge in [-0.1, -0.05) is 12.5 Å². The zero-order chi connectivity index (χ0) is 11.5. The summed E-state index contributed by atoms with van der Waals surface area (Å²) in [6.07, 6.45) is 3.76. The van der Waals surface area contributed by atoms with Crippen LogP contribution in [0.1, 0.15) is 31.7 Å². The lowest BCUT2D eigenvalue weighted by Gasteiger charge is -2.33. The predicted molar refractivity (Wildman–Crippen MR) is 67.4 cm³/mol. The minimum Gasteiger partial charge on any atom is -0.296 e. The molecule has 0 radical (unpaired) electrons. The van der Waals surface area contributed by atoms with Gasteiger partial charge in [0.05, 0.1) is 0 Å². The quantitative estimate of drug-likeness (QED) is 0.773. The van der Waals surface area contributed by atoms with Gasteiger partial charge in [-0.2, -0.15) is 0 Å². The molecule has 1 fully saturated rings. The lowest BCUT2D eigenvalue weighted by atomic mass is 10.0. The van der Waals surface area contributed by atoms with Crippen molar-refractivity contribution in [2.24, 2.45) is 0 Å². The van der Waals surface area contributed by atoms with Crippen molar-refractivity contribution >= 4 is 12.6 Å². The van der Waals surface area contributed by atoms with Crippen molar-refractivity contribution in [3.05, 3.63) is 29.6 Å². The maximum Gasteiger partial charge on any atom is 0.128 e. The second kappa shape index (κ2) is 5.19. The van der Waals surface area contributed by atoms with E-state index in [0.29, 0.717) is 10.9 Å². The fourth-order valence-corrected chi connectivity index (χ4v) is 2.46. The predicted octanol–water partition coefficient (Wildman–Crippen LogP) is 3.49. The number of halogens is 1. The van der Waals surface area contributed by atoms with Crippen molar-refractivity contribution < 1.29 is 4.39 Å². The summed E-state index contributed by atoms with van der Waals surface area (Å²) in [6, 6.07) is 5.77. The number of likely N-dealkylation sites (tertiary alicyclic amines) is 1. The normalized spacial score (nSPS) is 22.3. The van der Waals surface area contributed by atoms with Crippen LogP contribution in [0.2, 0.25) is 0 Å². The second-order valence-corrected chi connectivity index (χ2v) is 5.11. The Hall–Kier alpha value is -0.540. The van der Waals surface area contributed by atoms with E-state index >= 15 is 0 Å². The van der Waals surface area contributed by atoms with Crippen LogP contribution in [-0.2, 0) is 6.54 Å². The molecule has 1 heterocycles. The first-order valence-corrected chi connectivity index (χ1v) is 6.33. The van der Waals surface area contributed by atoms with Crippen LogP contribution in [0, 0.1) is 5.82 Å². The molecule has 0 N–H and O–H groups in total. The van der Waals surface area contributed by atoms with Gasteiger partial charge in [0.25, 0.3) is 0 Å². The lowest BCUT2D eigenvalue weighted by molar-refractivity contribution is 0.151. The molecule has 0 spiro atoms. The molecule has 0 aromatic heterocycles. The zero-order valence-corrected chi connectivity index (χ0v) is 10.5. The van der Waals surface area contributed by atoms with Gasteiger partial charge in [-0.3, -0.25) is 4.90 Å². The molecule has 0 bridgehead atoms. The smallest absolute Gasteiger partial charge is 0.128 e. The first-order valence-electron chi connectivity index (χ1n) is 5.88. The average molecular weight is 239 g/mol. The molecular formula is C13H18FNS. The molecule has 1 aliphatic rings. The average Bonchev–Trinajstić information content (AvgIpc) is 2.25. The van der Waals surface area contributed by atoms with Crippen molar-refractivity contribution in [3.63, 3.8) is 0 Å². The number of piperidine rings is 1. The van der Waals surface area contributed by atoms with E-state index in [4.69, 9.17) is 0 Å². The fourth-order valence-electron chi connectivity index (χ4n) is 2.28. The summed E-state index contributed by atoms with van der Waals surface area (Å²) in [7, 11) is 0. The second-order valence-electron chi connectivity index (χ2n) is 4.59. The molecule has 2 rings (SSSR count). The molecule has 1 saturated heterocycles. The van der Waals surface area contributed by atoms with Crippen LogP contribution < -0.4 is 0 Å². The summed E-state index contributed by atoms with van der Waals surface area (Å²) in [4.78, 5) is 3.05. The highest BCUT2D eigenvalue weighted by molar-refractivity contribution is 7.80. The van der Waals surface area contributed by atoms with E-state index in [1.165, 1.54) is 25.3 Å². The number of hydrogen-bond acceptors (Lipinski definition) is 2. The van der Waals surface area contributed by atoms with Crippen LogP contribution in [0.5, 0.6) is 0 Å². The summed E-state index contributed by atoms with van der Waals surface area (Å²) in [5.41, 5.74) is 0.784. The molecule has 0 unspecified atom stereocenters. The van der Waals surface area contributed by atoms with E-state index in [-0.39, 0.29) is 5.82 Å². The van der Waals surface area contributed by atoms with E-state index in [9.17, 15) is 4.39 Å². The van der Waals surface area contributed by atoms with Crippen molar-refractivity contribution in [3.8, 4) is 0 Å². The molecule has 0 amide bonds. The maximum atomic E-state index is 13.7. The molecule has 1 aromatic rings. The summed E-state index contributed by atoms with van der Waals surface area (Å²) >= 11 is 4.13. The minimum atomic E-state index is -0.134. The van der Waals surface area contributed by atoms with Gasteiger partial charge in [0.2, 0.25) is 0 Å². The van der Waals surface area contributed by atoms with Gasteiger partial charge in [-0.05, 0) is 38.4 Å². The van der Waals surface area contributed by atoms with Crippen LogP contribution >= 0.6 is 12.6 Å². The largest absolute Gasteiger partial charge is 0.296 e. The molecule has 1 atom stereocenters. The summed E-state index contributed by atoms with van der Waals surface area (Å²) in [5, 5.41) is 0. The van der Waals surface area contributed by atoms with E-state index in [0.717, 1.165) is 18.7 Å². The van der Waals surface area contributed by atoms with Crippen molar-refractivity contribution in [2.45, 2.75) is 43.7 Å². The number of benzene rings is 1. The Morgan fingerprint density at radius 2 is 2.25 bits per heavy atom. The summed E-state index contributed by atoms with van der Waals surface area (Å²) < 4.78 is 13.7. The Morgan fingerprint density at radius 1 is 1.44 bits per heavy atom. The molecule has 3 heteroatoms. The Bertz CT molecular complexity index is 367. The SMILES string of the molecule is C[C@H]1CCCCN1Cc1ccc(S)cc1F. The lowest BCUT2D eigenvalue weighted by Crippen LogP contribution is -2.36. The van der Waals surface area contributed by atoms with E-state index in [2.05, 4.69) is 24.5 Å². The molecule has 0 saturated carbocycles. The van der Waals surface area contributed by atoms with Crippen LogP contribution in [0.4, 0.5) is 4.39 Å². The van der Waals surface area contributed by atoms with Gasteiger partial charge >= 0.3 is 0 Å². The molecule has 88 valence electrons.